The van der Waals surface area contributed by atoms with Crippen LogP contribution in [0.25, 0.3) is 0 Å². The van der Waals surface area contributed by atoms with E-state index in [9.17, 15) is 19.3 Å². The predicted octanol–water partition coefficient (Wildman–Crippen LogP) is 4.03. The van der Waals surface area contributed by atoms with Crippen molar-refractivity contribution >= 4 is 28.6 Å². The molecule has 0 radical (unpaired) electrons. The lowest BCUT2D eigenvalue weighted by molar-refractivity contribution is -0.385. The highest BCUT2D eigenvalue weighted by Gasteiger charge is 2.25. The Morgan fingerprint density at radius 3 is 2.64 bits per heavy atom. The molecule has 1 heterocycles. The number of aromatic nitrogens is 1. The first kappa shape index (κ1) is 19.2. The minimum atomic E-state index is -0.734. The molecule has 0 aliphatic rings. The molecule has 0 unspecified atom stereocenters. The van der Waals surface area contributed by atoms with Crippen LogP contribution in [0.4, 0.5) is 15.8 Å². The van der Waals surface area contributed by atoms with Gasteiger partial charge in [-0.25, -0.2) is 9.37 Å². The molecule has 0 spiro atoms. The average Bonchev–Trinajstić information content (AvgIpc) is 3.21. The molecule has 0 saturated carbocycles. The van der Waals surface area contributed by atoms with E-state index in [1.807, 2.05) is 0 Å². The summed E-state index contributed by atoms with van der Waals surface area (Å²) in [7, 11) is 1.36. The van der Waals surface area contributed by atoms with Gasteiger partial charge in [0.1, 0.15) is 18.0 Å². The van der Waals surface area contributed by atoms with Crippen molar-refractivity contribution in [2.24, 2.45) is 0 Å². The standard InChI is InChI=1S/C18H14FN3O5S/c1-26-16-6-14(18(23)21-12-4-2-11(19)3-5-12)15(22(24)25)7-17(16)27-8-13-9-28-10-20-13/h2-7,9-10H,8H2,1H3,(H,21,23). The molecule has 1 amide bonds. The first-order valence-corrected chi connectivity index (χ1v) is 8.85. The number of rotatable bonds is 7. The highest BCUT2D eigenvalue weighted by molar-refractivity contribution is 7.07. The van der Waals surface area contributed by atoms with E-state index in [4.69, 9.17) is 9.47 Å². The monoisotopic (exact) mass is 403 g/mol. The number of nitrogens with zero attached hydrogens (tertiary/aromatic N) is 2. The molecular weight excluding hydrogens is 389 g/mol. The number of benzene rings is 2. The number of hydrogen-bond donors (Lipinski definition) is 1. The molecule has 0 fully saturated rings. The maximum Gasteiger partial charge on any atom is 0.286 e. The summed E-state index contributed by atoms with van der Waals surface area (Å²) in [6, 6.07) is 7.39. The number of nitro groups is 1. The molecular formula is C18H14FN3O5S. The number of nitro benzene ring substituents is 1. The van der Waals surface area contributed by atoms with Gasteiger partial charge in [-0.3, -0.25) is 14.9 Å². The first-order chi connectivity index (χ1) is 13.5. The largest absolute Gasteiger partial charge is 0.493 e. The molecule has 0 aliphatic heterocycles. The molecule has 0 atom stereocenters. The second-order valence-corrected chi connectivity index (χ2v) is 6.23. The van der Waals surface area contributed by atoms with E-state index in [0.717, 1.165) is 6.07 Å². The number of amides is 1. The van der Waals surface area contributed by atoms with Crippen LogP contribution in [-0.4, -0.2) is 22.9 Å². The van der Waals surface area contributed by atoms with E-state index in [2.05, 4.69) is 10.3 Å². The van der Waals surface area contributed by atoms with Crippen LogP contribution in [0.3, 0.4) is 0 Å². The molecule has 10 heteroatoms. The maximum absolute atomic E-state index is 13.0. The van der Waals surface area contributed by atoms with Crippen LogP contribution in [0.2, 0.25) is 0 Å². The third kappa shape index (κ3) is 4.41. The Labute approximate surface area is 162 Å². The van der Waals surface area contributed by atoms with Crippen LogP contribution < -0.4 is 14.8 Å². The van der Waals surface area contributed by atoms with Gasteiger partial charge >= 0.3 is 0 Å². The number of carbonyl (C=O) groups is 1. The lowest BCUT2D eigenvalue weighted by Crippen LogP contribution is -2.14. The molecule has 3 rings (SSSR count). The summed E-state index contributed by atoms with van der Waals surface area (Å²) in [5.41, 5.74) is 1.93. The Bertz CT molecular complexity index is 993. The van der Waals surface area contributed by atoms with Crippen LogP contribution in [0.5, 0.6) is 11.5 Å². The van der Waals surface area contributed by atoms with Gasteiger partial charge in [0.05, 0.1) is 29.3 Å². The third-order valence-electron chi connectivity index (χ3n) is 3.68. The van der Waals surface area contributed by atoms with Crippen molar-refractivity contribution in [2.75, 3.05) is 12.4 Å². The summed E-state index contributed by atoms with van der Waals surface area (Å²) in [4.78, 5) is 27.4. The maximum atomic E-state index is 13.0. The SMILES string of the molecule is COc1cc(C(=O)Nc2ccc(F)cc2)c([N+](=O)[O-])cc1OCc1cscn1. The summed E-state index contributed by atoms with van der Waals surface area (Å²) in [6.45, 7) is 0.0954. The normalized spacial score (nSPS) is 10.4. The van der Waals surface area contributed by atoms with E-state index in [1.165, 1.54) is 48.8 Å². The molecule has 0 bridgehead atoms. The molecule has 1 N–H and O–H groups in total. The fourth-order valence-corrected chi connectivity index (χ4v) is 2.89. The van der Waals surface area contributed by atoms with Crippen molar-refractivity contribution < 1.29 is 23.6 Å². The number of thiazole rings is 1. The summed E-state index contributed by atoms with van der Waals surface area (Å²) < 4.78 is 23.8. The third-order valence-corrected chi connectivity index (χ3v) is 4.32. The lowest BCUT2D eigenvalue weighted by atomic mass is 10.1. The van der Waals surface area contributed by atoms with Gasteiger partial charge in [-0.05, 0) is 24.3 Å². The second-order valence-electron chi connectivity index (χ2n) is 5.51. The Morgan fingerprint density at radius 2 is 2.04 bits per heavy atom. The van der Waals surface area contributed by atoms with Crippen molar-refractivity contribution in [1.29, 1.82) is 0 Å². The Balaban J connectivity index is 1.90. The van der Waals surface area contributed by atoms with E-state index in [1.54, 1.807) is 10.9 Å². The van der Waals surface area contributed by atoms with E-state index < -0.39 is 22.3 Å². The van der Waals surface area contributed by atoms with Crippen LogP contribution in [0.1, 0.15) is 16.1 Å². The molecule has 1 aromatic heterocycles. The highest BCUT2D eigenvalue weighted by Crippen LogP contribution is 2.35. The quantitative estimate of drug-likeness (QED) is 0.472. The summed E-state index contributed by atoms with van der Waals surface area (Å²) in [5, 5.41) is 15.8. The number of methoxy groups -OCH3 is 1. The van der Waals surface area contributed by atoms with Crippen LogP contribution >= 0.6 is 11.3 Å². The summed E-state index contributed by atoms with van der Waals surface area (Å²) in [5.74, 6) is -0.930. The highest BCUT2D eigenvalue weighted by atomic mass is 32.1. The van der Waals surface area contributed by atoms with Crippen LogP contribution in [0, 0.1) is 15.9 Å². The number of anilines is 1. The lowest BCUT2D eigenvalue weighted by Gasteiger charge is -2.12. The van der Waals surface area contributed by atoms with Gasteiger partial charge in [0.15, 0.2) is 11.5 Å². The fourth-order valence-electron chi connectivity index (χ4n) is 2.35. The van der Waals surface area contributed by atoms with Gasteiger partial charge in [-0.15, -0.1) is 11.3 Å². The zero-order valence-corrected chi connectivity index (χ0v) is 15.4. The van der Waals surface area contributed by atoms with E-state index in [0.29, 0.717) is 11.4 Å². The Kier molecular flexibility index (Phi) is 5.80. The van der Waals surface area contributed by atoms with Gasteiger partial charge in [0, 0.05) is 17.1 Å². The van der Waals surface area contributed by atoms with Crippen molar-refractivity contribution in [3.05, 3.63) is 74.5 Å². The first-order valence-electron chi connectivity index (χ1n) is 7.91. The minimum absolute atomic E-state index is 0.0954. The zero-order chi connectivity index (χ0) is 20.1. The smallest absolute Gasteiger partial charge is 0.286 e. The Hall–Kier alpha value is -3.53. The van der Waals surface area contributed by atoms with Gasteiger partial charge < -0.3 is 14.8 Å². The molecule has 0 aliphatic carbocycles. The van der Waals surface area contributed by atoms with Crippen molar-refractivity contribution in [3.8, 4) is 11.5 Å². The molecule has 2 aromatic carbocycles. The van der Waals surface area contributed by atoms with Crippen molar-refractivity contribution in [1.82, 2.24) is 4.98 Å². The van der Waals surface area contributed by atoms with Crippen molar-refractivity contribution in [2.45, 2.75) is 6.61 Å². The van der Waals surface area contributed by atoms with E-state index >= 15 is 0 Å². The van der Waals surface area contributed by atoms with Crippen LogP contribution in [0.15, 0.2) is 47.3 Å². The van der Waals surface area contributed by atoms with Gasteiger partial charge in [0.2, 0.25) is 0 Å². The number of ether oxygens (including phenoxy) is 2. The molecule has 0 saturated heterocycles. The molecule has 28 heavy (non-hydrogen) atoms. The average molecular weight is 403 g/mol. The number of carbonyl (C=O) groups excluding carboxylic acids is 1. The fraction of sp³-hybridized carbons (Fsp3) is 0.111. The van der Waals surface area contributed by atoms with E-state index in [-0.39, 0.29) is 23.7 Å². The zero-order valence-electron chi connectivity index (χ0n) is 14.5. The van der Waals surface area contributed by atoms with Crippen LogP contribution in [-0.2, 0) is 6.61 Å². The number of nitrogens with one attached hydrogen (secondary N) is 1. The Morgan fingerprint density at radius 1 is 1.29 bits per heavy atom. The van der Waals surface area contributed by atoms with Gasteiger partial charge in [-0.1, -0.05) is 0 Å². The number of halogens is 1. The van der Waals surface area contributed by atoms with Gasteiger partial charge in [-0.2, -0.15) is 0 Å². The second kappa shape index (κ2) is 8.44. The molecule has 8 nitrogen and oxygen atoms in total. The predicted molar refractivity (Wildman–Crippen MR) is 100 cm³/mol. The summed E-state index contributed by atoms with van der Waals surface area (Å²) >= 11 is 1.39. The summed E-state index contributed by atoms with van der Waals surface area (Å²) in [6.07, 6.45) is 0. The topological polar surface area (TPSA) is 104 Å². The minimum Gasteiger partial charge on any atom is -0.493 e. The number of hydrogen-bond acceptors (Lipinski definition) is 7. The molecule has 144 valence electrons. The molecule has 3 aromatic rings. The van der Waals surface area contributed by atoms with Crippen molar-refractivity contribution in [3.63, 3.8) is 0 Å². The van der Waals surface area contributed by atoms with Gasteiger partial charge in [0.25, 0.3) is 11.6 Å².